The summed E-state index contributed by atoms with van der Waals surface area (Å²) >= 11 is 0. The first-order chi connectivity index (χ1) is 21.7. The third kappa shape index (κ3) is 6.69. The summed E-state index contributed by atoms with van der Waals surface area (Å²) in [5.41, 5.74) is -0.402. The summed E-state index contributed by atoms with van der Waals surface area (Å²) < 4.78 is 67.9. The van der Waals surface area contributed by atoms with Crippen LogP contribution in [0.25, 0.3) is 6.08 Å². The molecule has 46 heavy (non-hydrogen) atoms. The van der Waals surface area contributed by atoms with Crippen LogP contribution in [0.4, 0.5) is 27.6 Å². The third-order valence-electron chi connectivity index (χ3n) is 7.48. The smallest absolute Gasteiger partial charge is 0.461 e. The Kier molecular flexibility index (Phi) is 8.56. The number of aliphatic imine (C=N–C) groups is 1. The number of allylic oxidation sites excluding steroid dienone is 1. The number of nitrogens with zero attached hydrogens (tertiary/aromatic N) is 4. The number of rotatable bonds is 9. The monoisotopic (exact) mass is 646 g/mol. The average molecular weight is 647 g/mol. The molecule has 1 saturated carbocycles. The molecule has 5 rings (SSSR count). The molecular formula is C30H27F5N6O5. The Labute approximate surface area is 257 Å². The minimum Gasteiger partial charge on any atom is -0.508 e. The highest BCUT2D eigenvalue weighted by molar-refractivity contribution is 6.16. The molecule has 1 unspecified atom stereocenters. The highest BCUT2D eigenvalue weighted by atomic mass is 19.4. The molecule has 0 saturated heterocycles. The van der Waals surface area contributed by atoms with E-state index in [1.807, 2.05) is 0 Å². The molecule has 1 atom stereocenters. The van der Waals surface area contributed by atoms with Crippen molar-refractivity contribution in [2.45, 2.75) is 44.5 Å². The van der Waals surface area contributed by atoms with Crippen molar-refractivity contribution >= 4 is 29.3 Å². The van der Waals surface area contributed by atoms with Crippen LogP contribution in [0.3, 0.4) is 0 Å². The van der Waals surface area contributed by atoms with Crippen molar-refractivity contribution in [3.8, 4) is 17.2 Å². The number of halogens is 5. The van der Waals surface area contributed by atoms with Gasteiger partial charge in [0.2, 0.25) is 5.82 Å². The van der Waals surface area contributed by atoms with Crippen LogP contribution in [0.5, 0.6) is 17.2 Å². The van der Waals surface area contributed by atoms with E-state index in [0.29, 0.717) is 10.9 Å². The minimum absolute atomic E-state index is 0.107. The van der Waals surface area contributed by atoms with E-state index < -0.39 is 47.8 Å². The van der Waals surface area contributed by atoms with Crippen molar-refractivity contribution in [1.82, 2.24) is 20.1 Å². The number of aromatic hydroxyl groups is 3. The SMILES string of the molecule is CC(NC(=O)c1cc(O)cc(O)c1NC(=O)C1=CC(Cn2cnnc2C(F)(F)C(F)(F)F)=NCC1=Cc1ccccc1O)C1CC1. The second kappa shape index (κ2) is 12.3. The number of benzene rings is 2. The van der Waals surface area contributed by atoms with E-state index in [1.165, 1.54) is 18.2 Å². The van der Waals surface area contributed by atoms with E-state index >= 15 is 0 Å². The van der Waals surface area contributed by atoms with Crippen LogP contribution < -0.4 is 10.6 Å². The minimum atomic E-state index is -5.95. The number of alkyl halides is 5. The summed E-state index contributed by atoms with van der Waals surface area (Å²) in [6.07, 6.45) is -0.888. The average Bonchev–Trinajstić information content (AvgIpc) is 3.73. The maximum absolute atomic E-state index is 14.1. The number of nitrogens with one attached hydrogen (secondary N) is 2. The summed E-state index contributed by atoms with van der Waals surface area (Å²) in [4.78, 5) is 31.1. The number of para-hydroxylation sites is 1. The maximum atomic E-state index is 14.1. The normalized spacial score (nSPS) is 16.9. The number of carbonyl (C=O) groups excluding carboxylic acids is 2. The zero-order valence-corrected chi connectivity index (χ0v) is 24.0. The molecule has 2 aliphatic rings. The molecule has 5 N–H and O–H groups in total. The van der Waals surface area contributed by atoms with Gasteiger partial charge in [0.25, 0.3) is 11.8 Å². The first kappa shape index (κ1) is 32.1. The molecule has 16 heteroatoms. The maximum Gasteiger partial charge on any atom is 0.461 e. The van der Waals surface area contributed by atoms with Crippen LogP contribution in [0.2, 0.25) is 0 Å². The zero-order chi connectivity index (χ0) is 33.4. The molecule has 242 valence electrons. The van der Waals surface area contributed by atoms with Gasteiger partial charge < -0.3 is 30.5 Å². The fourth-order valence-electron chi connectivity index (χ4n) is 4.82. The van der Waals surface area contributed by atoms with Gasteiger partial charge in [-0.3, -0.25) is 14.6 Å². The number of anilines is 1. The van der Waals surface area contributed by atoms with Crippen LogP contribution in [0, 0.1) is 5.92 Å². The van der Waals surface area contributed by atoms with E-state index in [9.17, 15) is 46.9 Å². The second-order valence-corrected chi connectivity index (χ2v) is 10.9. The van der Waals surface area contributed by atoms with Gasteiger partial charge in [-0.05, 0) is 55.5 Å². The van der Waals surface area contributed by atoms with Crippen molar-refractivity contribution in [1.29, 1.82) is 0 Å². The number of dihydropyridines is 1. The van der Waals surface area contributed by atoms with Crippen molar-refractivity contribution < 1.29 is 46.9 Å². The number of phenols is 3. The summed E-state index contributed by atoms with van der Waals surface area (Å²) in [5.74, 6) is -9.59. The molecular weight excluding hydrogens is 619 g/mol. The predicted octanol–water partition coefficient (Wildman–Crippen LogP) is 4.68. The molecule has 1 aliphatic heterocycles. The molecule has 0 radical (unpaired) electrons. The Morgan fingerprint density at radius 3 is 2.46 bits per heavy atom. The number of phenolic OH excluding ortho intramolecular Hbond substituents is 3. The fraction of sp³-hybridized carbons (Fsp3) is 0.300. The summed E-state index contributed by atoms with van der Waals surface area (Å²) in [7, 11) is 0. The van der Waals surface area contributed by atoms with Gasteiger partial charge in [-0.2, -0.15) is 22.0 Å². The Hall–Kier alpha value is -5.28. The van der Waals surface area contributed by atoms with Gasteiger partial charge in [-0.25, -0.2) is 0 Å². The van der Waals surface area contributed by atoms with Crippen molar-refractivity contribution in [3.05, 3.63) is 76.9 Å². The van der Waals surface area contributed by atoms with Gasteiger partial charge in [-0.15, -0.1) is 10.2 Å². The standard InChI is InChI=1S/C30H27F5N6O5/c1-15(16-6-7-16)38-27(46)22-10-20(42)11-24(44)25(22)39-26(45)21-9-19(36-12-18(21)8-17-4-2-3-5-23(17)43)13-41-14-37-40-28(41)29(31,32)30(33,34)35/h2-5,8-11,14-16,42-44H,6-7,12-13H2,1H3,(H,38,46)(H,39,45). The first-order valence-electron chi connectivity index (χ1n) is 13.9. The van der Waals surface area contributed by atoms with Crippen molar-refractivity contribution in [2.24, 2.45) is 10.9 Å². The van der Waals surface area contributed by atoms with Gasteiger partial charge in [0, 0.05) is 23.2 Å². The van der Waals surface area contributed by atoms with Crippen LogP contribution in [-0.2, 0) is 17.3 Å². The van der Waals surface area contributed by atoms with Crippen LogP contribution in [0.15, 0.2) is 64.9 Å². The van der Waals surface area contributed by atoms with E-state index in [1.54, 1.807) is 19.1 Å². The van der Waals surface area contributed by atoms with Crippen LogP contribution >= 0.6 is 0 Å². The summed E-state index contributed by atoms with van der Waals surface area (Å²) in [6, 6.07) is 7.85. The summed E-state index contributed by atoms with van der Waals surface area (Å²) in [5, 5.41) is 42.4. The lowest BCUT2D eigenvalue weighted by atomic mass is 9.97. The van der Waals surface area contributed by atoms with E-state index in [-0.39, 0.29) is 57.9 Å². The Balaban J connectivity index is 1.50. The van der Waals surface area contributed by atoms with Crippen molar-refractivity contribution in [2.75, 3.05) is 11.9 Å². The number of hydrogen-bond donors (Lipinski definition) is 5. The summed E-state index contributed by atoms with van der Waals surface area (Å²) in [6.45, 7) is 0.849. The van der Waals surface area contributed by atoms with Crippen molar-refractivity contribution in [3.63, 3.8) is 0 Å². The van der Waals surface area contributed by atoms with Gasteiger partial charge in [0.1, 0.15) is 23.6 Å². The second-order valence-electron chi connectivity index (χ2n) is 10.9. The fourth-order valence-corrected chi connectivity index (χ4v) is 4.82. The predicted molar refractivity (Wildman–Crippen MR) is 154 cm³/mol. The highest BCUT2D eigenvalue weighted by Gasteiger charge is 2.62. The lowest BCUT2D eigenvalue weighted by Crippen LogP contribution is -2.37. The molecule has 0 bridgehead atoms. The van der Waals surface area contributed by atoms with E-state index in [4.69, 9.17) is 0 Å². The van der Waals surface area contributed by atoms with Crippen LogP contribution in [0.1, 0.15) is 41.5 Å². The molecule has 2 heterocycles. The molecule has 1 aliphatic carbocycles. The van der Waals surface area contributed by atoms with Gasteiger partial charge in [0.15, 0.2) is 0 Å². The molecule has 1 aromatic heterocycles. The Morgan fingerprint density at radius 2 is 1.78 bits per heavy atom. The number of aromatic nitrogens is 3. The van der Waals surface area contributed by atoms with Gasteiger partial charge >= 0.3 is 12.1 Å². The first-order valence-corrected chi connectivity index (χ1v) is 13.9. The Morgan fingerprint density at radius 1 is 1.07 bits per heavy atom. The quantitative estimate of drug-likeness (QED) is 0.128. The van der Waals surface area contributed by atoms with Gasteiger partial charge in [-0.1, -0.05) is 18.2 Å². The molecule has 11 nitrogen and oxygen atoms in total. The molecule has 0 spiro atoms. The molecule has 2 amide bonds. The molecule has 1 fully saturated rings. The van der Waals surface area contributed by atoms with E-state index in [0.717, 1.165) is 31.1 Å². The zero-order valence-electron chi connectivity index (χ0n) is 24.0. The lowest BCUT2D eigenvalue weighted by molar-refractivity contribution is -0.293. The van der Waals surface area contributed by atoms with Crippen LogP contribution in [-0.4, -0.2) is 66.4 Å². The molecule has 3 aromatic rings. The highest BCUT2D eigenvalue weighted by Crippen LogP contribution is 2.43. The number of amides is 2. The number of hydrogen-bond acceptors (Lipinski definition) is 8. The van der Waals surface area contributed by atoms with E-state index in [2.05, 4.69) is 25.8 Å². The topological polar surface area (TPSA) is 162 Å². The third-order valence-corrected chi connectivity index (χ3v) is 7.48. The largest absolute Gasteiger partial charge is 0.508 e. The Bertz CT molecular complexity index is 1780. The lowest BCUT2D eigenvalue weighted by Gasteiger charge is -2.21. The van der Waals surface area contributed by atoms with Gasteiger partial charge in [0.05, 0.1) is 30.1 Å². The number of carbonyl (C=O) groups is 2. The molecule has 2 aromatic carbocycles.